The molecule has 6 saturated carbocycles. The number of hydrogen-bond donors (Lipinski definition) is 0. The van der Waals surface area contributed by atoms with Crippen LogP contribution < -0.4 is 0 Å². The molecule has 8 atom stereocenters. The molecule has 6 aliphatic rings. The topological polar surface area (TPSA) is 146 Å². The van der Waals surface area contributed by atoms with Crippen molar-refractivity contribution in [2.75, 3.05) is 0 Å². The predicted octanol–water partition coefficient (Wildman–Crippen LogP) is 12.1. The van der Waals surface area contributed by atoms with Gasteiger partial charge < -0.3 is 9.47 Å². The molecule has 2 aromatic heterocycles. The van der Waals surface area contributed by atoms with Gasteiger partial charge in [-0.2, -0.15) is 0 Å². The third-order valence-electron chi connectivity index (χ3n) is 16.3. The number of hydrogen-bond acceptors (Lipinski definition) is 12. The Labute approximate surface area is 401 Å². The fourth-order valence-electron chi connectivity index (χ4n) is 12.9. The van der Waals surface area contributed by atoms with Crippen LogP contribution in [0.5, 0.6) is 0 Å². The van der Waals surface area contributed by atoms with E-state index in [0.717, 1.165) is 88.2 Å². The fraction of sp³-hybridized carbons (Fsp3) is 0.393. The lowest BCUT2D eigenvalue weighted by Crippen LogP contribution is -2.35. The van der Waals surface area contributed by atoms with E-state index in [1.165, 1.54) is 22.7 Å². The Hall–Kier alpha value is -5.98. The standard InChI is InChI=1S/C56H50N2O8S2/c59-49-35-19-31-15-7-8-16-32(31)20-36(35)50(60)47(49)57-45-25-41-43(55(63)65-27-29-11-3-1-4-12-29)23-39-40(53(41)67-45)24-44(56(64)66-28-30-13-5-2-6-14-30)42-26-46(68-54(39)42)58-48-51(61)37-21-33-17-9-10-18-34(33)22-38(37)52(48)62/h1-6,11-14,23-26,31-38H,7-10,15-22,27-28H2. The quantitative estimate of drug-likeness (QED) is 0.137. The first-order chi connectivity index (χ1) is 33.2. The number of aliphatic imine (C=N–C) groups is 2. The number of nitrogens with zero attached hydrogens (tertiary/aromatic N) is 2. The molecular weight excluding hydrogens is 893 g/mol. The van der Waals surface area contributed by atoms with E-state index in [1.807, 2.05) is 60.7 Å². The van der Waals surface area contributed by atoms with E-state index in [9.17, 15) is 28.8 Å². The Balaban J connectivity index is 0.991. The van der Waals surface area contributed by atoms with Crippen molar-refractivity contribution in [1.82, 2.24) is 0 Å². The van der Waals surface area contributed by atoms with Crippen LogP contribution >= 0.6 is 22.7 Å². The third kappa shape index (κ3) is 7.59. The molecule has 10 nitrogen and oxygen atoms in total. The van der Waals surface area contributed by atoms with Crippen molar-refractivity contribution in [2.24, 2.45) is 57.3 Å². The summed E-state index contributed by atoms with van der Waals surface area (Å²) < 4.78 is 13.1. The largest absolute Gasteiger partial charge is 0.457 e. The first-order valence-corrected chi connectivity index (χ1v) is 26.0. The van der Waals surface area contributed by atoms with Gasteiger partial charge in [0.1, 0.15) is 23.2 Å². The molecule has 0 saturated heterocycles. The van der Waals surface area contributed by atoms with Crippen LogP contribution in [0.2, 0.25) is 0 Å². The zero-order valence-corrected chi connectivity index (χ0v) is 39.2. The molecule has 0 N–H and O–H groups in total. The Bertz CT molecular complexity index is 2890. The van der Waals surface area contributed by atoms with E-state index in [0.29, 0.717) is 64.6 Å². The summed E-state index contributed by atoms with van der Waals surface area (Å²) in [6.45, 7) is 0.0557. The molecule has 0 amide bonds. The summed E-state index contributed by atoms with van der Waals surface area (Å²) in [4.78, 5) is 94.6. The van der Waals surface area contributed by atoms with Crippen molar-refractivity contribution in [3.05, 3.63) is 107 Å². The molecule has 6 fully saturated rings. The van der Waals surface area contributed by atoms with Gasteiger partial charge in [0.25, 0.3) is 0 Å². The number of ketones is 4. The lowest BCUT2D eigenvalue weighted by molar-refractivity contribution is -0.123. The van der Waals surface area contributed by atoms with Gasteiger partial charge in [0.15, 0.2) is 34.6 Å². The van der Waals surface area contributed by atoms with E-state index in [1.54, 1.807) is 24.3 Å². The minimum absolute atomic E-state index is 0.0214. The molecule has 6 aliphatic carbocycles. The molecule has 12 rings (SSSR count). The molecule has 8 unspecified atom stereocenters. The molecule has 68 heavy (non-hydrogen) atoms. The number of rotatable bonds is 8. The number of thiophene rings is 2. The summed E-state index contributed by atoms with van der Waals surface area (Å²) in [6.07, 6.45) is 11.9. The second kappa shape index (κ2) is 17.5. The second-order valence-corrected chi connectivity index (χ2v) is 22.1. The molecule has 344 valence electrons. The molecule has 4 aromatic carbocycles. The first kappa shape index (κ1) is 43.3. The van der Waals surface area contributed by atoms with Gasteiger partial charge in [-0.1, -0.05) is 112 Å². The van der Waals surface area contributed by atoms with Crippen molar-refractivity contribution in [1.29, 1.82) is 0 Å². The average molecular weight is 943 g/mol. The number of carbonyl (C=O) groups excluding carboxylic acids is 6. The van der Waals surface area contributed by atoms with Gasteiger partial charge in [-0.15, -0.1) is 22.7 Å². The molecular formula is C56H50N2O8S2. The predicted molar refractivity (Wildman–Crippen MR) is 263 cm³/mol. The van der Waals surface area contributed by atoms with Crippen molar-refractivity contribution in [3.63, 3.8) is 0 Å². The molecule has 12 heteroatoms. The summed E-state index contributed by atoms with van der Waals surface area (Å²) in [5, 5.41) is 3.05. The number of esters is 2. The van der Waals surface area contributed by atoms with Gasteiger partial charge >= 0.3 is 11.9 Å². The Kier molecular flexibility index (Phi) is 11.2. The summed E-state index contributed by atoms with van der Waals surface area (Å²) in [6, 6.07) is 25.8. The van der Waals surface area contributed by atoms with E-state index in [2.05, 4.69) is 0 Å². The number of benzene rings is 4. The first-order valence-electron chi connectivity index (χ1n) is 24.4. The summed E-state index contributed by atoms with van der Waals surface area (Å²) in [5.41, 5.74) is 2.09. The van der Waals surface area contributed by atoms with E-state index >= 15 is 0 Å². The third-order valence-corrected chi connectivity index (χ3v) is 18.4. The molecule has 0 bridgehead atoms. The molecule has 0 spiro atoms. The van der Waals surface area contributed by atoms with E-state index < -0.39 is 11.9 Å². The minimum Gasteiger partial charge on any atom is -0.457 e. The maximum atomic E-state index is 14.4. The highest BCUT2D eigenvalue weighted by Gasteiger charge is 2.53. The zero-order valence-electron chi connectivity index (χ0n) is 37.6. The Morgan fingerprint density at radius 1 is 0.471 bits per heavy atom. The van der Waals surface area contributed by atoms with Crippen LogP contribution in [0.25, 0.3) is 30.9 Å². The van der Waals surface area contributed by atoms with Crippen LogP contribution in [-0.4, -0.2) is 46.5 Å². The number of carbonyl (C=O) groups is 6. The monoisotopic (exact) mass is 942 g/mol. The fourth-order valence-corrected chi connectivity index (χ4v) is 15.1. The van der Waals surface area contributed by atoms with Gasteiger partial charge in [-0.25, -0.2) is 19.6 Å². The number of Topliss-reactive ketones (excluding diaryl/α,β-unsaturated/α-hetero) is 4. The van der Waals surface area contributed by atoms with Crippen molar-refractivity contribution < 1.29 is 38.2 Å². The van der Waals surface area contributed by atoms with Crippen LogP contribution in [0.1, 0.15) is 109 Å². The maximum Gasteiger partial charge on any atom is 0.339 e. The van der Waals surface area contributed by atoms with E-state index in [-0.39, 0.29) is 82.6 Å². The average Bonchev–Trinajstić information content (AvgIpc) is 4.11. The maximum absolute atomic E-state index is 14.4. The van der Waals surface area contributed by atoms with Crippen LogP contribution in [0.15, 0.2) is 94.9 Å². The normalized spacial score (nSPS) is 26.7. The van der Waals surface area contributed by atoms with Gasteiger partial charge in [0, 0.05) is 54.6 Å². The molecule has 0 aliphatic heterocycles. The van der Waals surface area contributed by atoms with Gasteiger partial charge in [0.05, 0.1) is 11.1 Å². The number of ether oxygens (including phenoxy) is 2. The molecule has 2 heterocycles. The van der Waals surface area contributed by atoms with Crippen LogP contribution in [0, 0.1) is 47.3 Å². The van der Waals surface area contributed by atoms with Crippen molar-refractivity contribution in [3.8, 4) is 0 Å². The van der Waals surface area contributed by atoms with Crippen LogP contribution in [-0.2, 0) is 41.9 Å². The van der Waals surface area contributed by atoms with Crippen molar-refractivity contribution in [2.45, 2.75) is 90.3 Å². The number of fused-ring (bicyclic) bond motifs is 9. The molecule has 0 radical (unpaired) electrons. The Morgan fingerprint density at radius 3 is 1.15 bits per heavy atom. The second-order valence-electron chi connectivity index (χ2n) is 20.1. The lowest BCUT2D eigenvalue weighted by atomic mass is 9.64. The Morgan fingerprint density at radius 2 is 0.809 bits per heavy atom. The zero-order chi connectivity index (χ0) is 46.2. The highest BCUT2D eigenvalue weighted by atomic mass is 32.1. The minimum atomic E-state index is -0.582. The van der Waals surface area contributed by atoms with Gasteiger partial charge in [-0.05, 0) is 84.7 Å². The van der Waals surface area contributed by atoms with Gasteiger partial charge in [0.2, 0.25) is 0 Å². The summed E-state index contributed by atoms with van der Waals surface area (Å²) in [5.74, 6) is -1.48. The van der Waals surface area contributed by atoms with E-state index in [4.69, 9.17) is 19.5 Å². The summed E-state index contributed by atoms with van der Waals surface area (Å²) in [7, 11) is 0. The molecule has 6 aromatic rings. The SMILES string of the molecule is O=C(OCc1ccccc1)c1cc2c(cc(C(=O)OCc3ccccc3)c3cc(N=C4C(=O)C5CC6CCCCC6CC5C4=O)sc32)c2sc(N=C3C(=O)C4CC5CCCCC5CC4C3=O)cc12. The van der Waals surface area contributed by atoms with Crippen LogP contribution in [0.4, 0.5) is 10.0 Å². The highest BCUT2D eigenvalue weighted by molar-refractivity contribution is 7.25. The smallest absolute Gasteiger partial charge is 0.339 e. The lowest BCUT2D eigenvalue weighted by Gasteiger charge is -2.39. The van der Waals surface area contributed by atoms with Crippen molar-refractivity contribution >= 4 is 110 Å². The highest BCUT2D eigenvalue weighted by Crippen LogP contribution is 2.52. The van der Waals surface area contributed by atoms with Crippen LogP contribution in [0.3, 0.4) is 0 Å². The van der Waals surface area contributed by atoms with Gasteiger partial charge in [-0.3, -0.25) is 19.2 Å². The summed E-state index contributed by atoms with van der Waals surface area (Å²) >= 11 is 2.49.